The monoisotopic (exact) mass is 434 g/mol. The Kier molecular flexibility index (Phi) is 5.86. The normalized spacial score (nSPS) is 18.0. The first-order chi connectivity index (χ1) is 15.0. The summed E-state index contributed by atoms with van der Waals surface area (Å²) in [6.45, 7) is 4.08. The molecule has 1 atom stereocenters. The van der Waals surface area contributed by atoms with Gasteiger partial charge in [-0.05, 0) is 61.2 Å². The number of hydrogen-bond donors (Lipinski definition) is 1. The van der Waals surface area contributed by atoms with Crippen LogP contribution in [0, 0.1) is 0 Å². The van der Waals surface area contributed by atoms with Crippen molar-refractivity contribution in [3.8, 4) is 5.75 Å². The van der Waals surface area contributed by atoms with Gasteiger partial charge in [-0.15, -0.1) is 11.3 Å². The van der Waals surface area contributed by atoms with Gasteiger partial charge in [-0.3, -0.25) is 14.6 Å². The fourth-order valence-corrected chi connectivity index (χ4v) is 4.44. The molecule has 31 heavy (non-hydrogen) atoms. The first-order valence-electron chi connectivity index (χ1n) is 9.93. The van der Waals surface area contributed by atoms with Crippen LogP contribution in [0.15, 0.2) is 71.9 Å². The molecule has 1 amide bonds. The summed E-state index contributed by atoms with van der Waals surface area (Å²) in [6.07, 6.45) is 3.34. The van der Waals surface area contributed by atoms with Gasteiger partial charge in [0.15, 0.2) is 0 Å². The summed E-state index contributed by atoms with van der Waals surface area (Å²) < 4.78 is 5.64. The summed E-state index contributed by atoms with van der Waals surface area (Å²) in [5, 5.41) is 13.0. The van der Waals surface area contributed by atoms with Crippen LogP contribution in [-0.4, -0.2) is 32.8 Å². The number of hydrogen-bond acceptors (Lipinski definition) is 6. The summed E-state index contributed by atoms with van der Waals surface area (Å²) in [5.41, 5.74) is 1.35. The van der Waals surface area contributed by atoms with Crippen LogP contribution in [0.4, 0.5) is 0 Å². The molecular weight excluding hydrogens is 412 g/mol. The highest BCUT2D eigenvalue weighted by Crippen LogP contribution is 2.41. The predicted octanol–water partition coefficient (Wildman–Crippen LogP) is 4.55. The number of pyridine rings is 1. The van der Waals surface area contributed by atoms with Crippen LogP contribution in [0.3, 0.4) is 0 Å². The highest BCUT2D eigenvalue weighted by molar-refractivity contribution is 7.10. The number of benzene rings is 1. The third-order valence-corrected chi connectivity index (χ3v) is 5.85. The summed E-state index contributed by atoms with van der Waals surface area (Å²) in [6, 6.07) is 13.6. The van der Waals surface area contributed by atoms with Crippen molar-refractivity contribution in [3.05, 3.63) is 87.9 Å². The third kappa shape index (κ3) is 4.22. The van der Waals surface area contributed by atoms with E-state index in [4.69, 9.17) is 4.74 Å². The number of aliphatic hydroxyl groups is 1. The number of nitrogens with zero attached hydrogens (tertiary/aromatic N) is 2. The molecule has 1 saturated heterocycles. The fraction of sp³-hybridized carbons (Fsp3) is 0.208. The van der Waals surface area contributed by atoms with Crippen LogP contribution in [0.2, 0.25) is 0 Å². The van der Waals surface area contributed by atoms with E-state index in [9.17, 15) is 14.7 Å². The fourth-order valence-electron chi connectivity index (χ4n) is 3.59. The minimum Gasteiger partial charge on any atom is -0.507 e. The van der Waals surface area contributed by atoms with Gasteiger partial charge in [0.25, 0.3) is 11.7 Å². The highest BCUT2D eigenvalue weighted by atomic mass is 32.1. The molecule has 0 spiro atoms. The largest absolute Gasteiger partial charge is 0.507 e. The quantitative estimate of drug-likeness (QED) is 0.350. The van der Waals surface area contributed by atoms with Gasteiger partial charge in [-0.25, -0.2) is 0 Å². The van der Waals surface area contributed by atoms with Gasteiger partial charge >= 0.3 is 0 Å². The predicted molar refractivity (Wildman–Crippen MR) is 119 cm³/mol. The molecule has 1 aliphatic heterocycles. The number of ketones is 1. The summed E-state index contributed by atoms with van der Waals surface area (Å²) >= 11 is 1.44. The van der Waals surface area contributed by atoms with Crippen LogP contribution >= 0.6 is 11.3 Å². The van der Waals surface area contributed by atoms with E-state index in [2.05, 4.69) is 4.98 Å². The first-order valence-corrected chi connectivity index (χ1v) is 10.8. The maximum atomic E-state index is 13.0. The molecule has 4 rings (SSSR count). The number of likely N-dealkylation sites (tertiary alicyclic amines) is 1. The molecule has 0 radical (unpaired) electrons. The molecule has 3 aromatic rings. The van der Waals surface area contributed by atoms with Gasteiger partial charge in [0.2, 0.25) is 0 Å². The maximum absolute atomic E-state index is 13.0. The van der Waals surface area contributed by atoms with Crippen LogP contribution in [0.25, 0.3) is 5.76 Å². The number of aliphatic hydroxyl groups excluding tert-OH is 1. The molecular formula is C24H22N2O4S. The molecule has 1 aromatic carbocycles. The smallest absolute Gasteiger partial charge is 0.295 e. The number of thiophene rings is 1. The number of carbonyl (C=O) groups is 2. The van der Waals surface area contributed by atoms with E-state index in [0.717, 1.165) is 10.4 Å². The van der Waals surface area contributed by atoms with Gasteiger partial charge in [0, 0.05) is 29.4 Å². The van der Waals surface area contributed by atoms with Crippen molar-refractivity contribution in [2.45, 2.75) is 32.5 Å². The lowest BCUT2D eigenvalue weighted by atomic mass is 9.99. The lowest BCUT2D eigenvalue weighted by molar-refractivity contribution is -0.140. The van der Waals surface area contributed by atoms with Crippen LogP contribution in [0.5, 0.6) is 5.75 Å². The molecule has 6 nitrogen and oxygen atoms in total. The average Bonchev–Trinajstić information content (AvgIpc) is 3.37. The second-order valence-electron chi connectivity index (χ2n) is 7.49. The zero-order valence-corrected chi connectivity index (χ0v) is 18.0. The molecule has 3 heterocycles. The molecule has 0 bridgehead atoms. The van der Waals surface area contributed by atoms with Gasteiger partial charge in [0.05, 0.1) is 17.7 Å². The van der Waals surface area contributed by atoms with Crippen molar-refractivity contribution in [1.29, 1.82) is 0 Å². The Balaban J connectivity index is 1.76. The van der Waals surface area contributed by atoms with Gasteiger partial charge in [0.1, 0.15) is 11.5 Å². The van der Waals surface area contributed by atoms with Gasteiger partial charge < -0.3 is 14.7 Å². The van der Waals surface area contributed by atoms with Crippen LogP contribution < -0.4 is 4.74 Å². The van der Waals surface area contributed by atoms with Crippen molar-refractivity contribution in [1.82, 2.24) is 9.88 Å². The van der Waals surface area contributed by atoms with E-state index >= 15 is 0 Å². The molecule has 0 saturated carbocycles. The van der Waals surface area contributed by atoms with E-state index in [1.165, 1.54) is 16.2 Å². The molecule has 158 valence electrons. The van der Waals surface area contributed by atoms with Gasteiger partial charge in [-0.2, -0.15) is 0 Å². The van der Waals surface area contributed by atoms with Crippen LogP contribution in [-0.2, 0) is 16.1 Å². The van der Waals surface area contributed by atoms with Crippen molar-refractivity contribution in [2.24, 2.45) is 0 Å². The summed E-state index contributed by atoms with van der Waals surface area (Å²) in [5.74, 6) is -0.856. The molecule has 0 aliphatic carbocycles. The average molecular weight is 435 g/mol. The Morgan fingerprint density at radius 1 is 1.16 bits per heavy atom. The maximum Gasteiger partial charge on any atom is 0.295 e. The van der Waals surface area contributed by atoms with E-state index in [1.54, 1.807) is 42.7 Å². The molecule has 7 heteroatoms. The molecule has 0 unspecified atom stereocenters. The lowest BCUT2D eigenvalue weighted by Crippen LogP contribution is -2.28. The standard InChI is InChI=1S/C24H22N2O4S/c1-15(2)30-18-9-7-17(8-10-18)22(27)20-21(19-6-4-12-31-19)26(24(29)23(20)28)14-16-5-3-11-25-13-16/h3-13,15,21,27H,14H2,1-2H3/b22-20+/t21-/m0/s1. The van der Waals surface area contributed by atoms with Crippen LogP contribution in [0.1, 0.15) is 35.9 Å². The molecule has 1 fully saturated rings. The Labute approximate surface area is 184 Å². The number of aromatic nitrogens is 1. The minimum atomic E-state index is -0.692. The lowest BCUT2D eigenvalue weighted by Gasteiger charge is -2.24. The van der Waals surface area contributed by atoms with E-state index < -0.39 is 17.7 Å². The summed E-state index contributed by atoms with van der Waals surface area (Å²) in [4.78, 5) is 32.3. The second kappa shape index (κ2) is 8.73. The number of carbonyl (C=O) groups excluding carboxylic acids is 2. The minimum absolute atomic E-state index is 0.0241. The number of Topliss-reactive ketones (excluding diaryl/α,β-unsaturated/α-hetero) is 1. The Morgan fingerprint density at radius 2 is 1.94 bits per heavy atom. The van der Waals surface area contributed by atoms with Gasteiger partial charge in [-0.1, -0.05) is 12.1 Å². The van der Waals surface area contributed by atoms with Crippen molar-refractivity contribution < 1.29 is 19.4 Å². The topological polar surface area (TPSA) is 79.7 Å². The number of rotatable bonds is 6. The third-order valence-electron chi connectivity index (χ3n) is 4.93. The number of amides is 1. The Hall–Kier alpha value is -3.45. The van der Waals surface area contributed by atoms with Crippen molar-refractivity contribution >= 4 is 28.8 Å². The van der Waals surface area contributed by atoms with Crippen molar-refractivity contribution in [3.63, 3.8) is 0 Å². The first kappa shape index (κ1) is 20.8. The Morgan fingerprint density at radius 3 is 2.55 bits per heavy atom. The molecule has 1 aliphatic rings. The van der Waals surface area contributed by atoms with Crippen molar-refractivity contribution in [2.75, 3.05) is 0 Å². The number of ether oxygens (including phenoxy) is 1. The van der Waals surface area contributed by atoms with E-state index in [-0.39, 0.29) is 24.0 Å². The molecule has 1 N–H and O–H groups in total. The zero-order chi connectivity index (χ0) is 22.0. The Bertz CT molecular complexity index is 1110. The second-order valence-corrected chi connectivity index (χ2v) is 8.47. The molecule has 2 aromatic heterocycles. The van der Waals surface area contributed by atoms with E-state index in [0.29, 0.717) is 11.3 Å². The zero-order valence-electron chi connectivity index (χ0n) is 17.2. The summed E-state index contributed by atoms with van der Waals surface area (Å²) in [7, 11) is 0. The highest BCUT2D eigenvalue weighted by Gasteiger charge is 2.46. The SMILES string of the molecule is CC(C)Oc1ccc(/C(O)=C2\C(=O)C(=O)N(Cc3cccnc3)[C@H]2c2cccs2)cc1. The van der Waals surface area contributed by atoms with E-state index in [1.807, 2.05) is 37.4 Å².